The van der Waals surface area contributed by atoms with Crippen molar-refractivity contribution in [3.05, 3.63) is 0 Å². The van der Waals surface area contributed by atoms with E-state index in [1.165, 1.54) is 9.80 Å². The van der Waals surface area contributed by atoms with Crippen molar-refractivity contribution in [2.45, 2.75) is 52.1 Å². The zero-order valence-corrected chi connectivity index (χ0v) is 18.8. The highest BCUT2D eigenvalue weighted by molar-refractivity contribution is 7.99. The van der Waals surface area contributed by atoms with Gasteiger partial charge in [-0.15, -0.1) is 0 Å². The molecule has 0 aromatic heterocycles. The van der Waals surface area contributed by atoms with Crippen molar-refractivity contribution in [1.82, 2.24) is 14.7 Å². The van der Waals surface area contributed by atoms with E-state index in [-0.39, 0.29) is 17.7 Å². The number of nitrogens with zero attached hydrogens (tertiary/aromatic N) is 3. The van der Waals surface area contributed by atoms with Gasteiger partial charge in [-0.05, 0) is 32.9 Å². The van der Waals surface area contributed by atoms with Crippen molar-refractivity contribution in [2.24, 2.45) is 11.7 Å². The Morgan fingerprint density at radius 2 is 1.59 bits per heavy atom. The lowest BCUT2D eigenvalue weighted by atomic mass is 10.0. The normalized spacial score (nSPS) is 13.5. The summed E-state index contributed by atoms with van der Waals surface area (Å²) in [6, 6.07) is -1.27. The molecule has 158 valence electrons. The zero-order valence-electron chi connectivity index (χ0n) is 18.0. The van der Waals surface area contributed by atoms with E-state index in [9.17, 15) is 14.4 Å². The van der Waals surface area contributed by atoms with Gasteiger partial charge in [0.05, 0.1) is 0 Å². The molecule has 0 aliphatic rings. The maximum absolute atomic E-state index is 13.1. The van der Waals surface area contributed by atoms with E-state index in [4.69, 9.17) is 5.73 Å². The summed E-state index contributed by atoms with van der Waals surface area (Å²) in [6.45, 7) is 6.80. The molecule has 2 N–H and O–H groups in total. The van der Waals surface area contributed by atoms with Crippen LogP contribution in [0.4, 0.5) is 0 Å². The van der Waals surface area contributed by atoms with Crippen LogP contribution >= 0.6 is 11.8 Å². The Hall–Kier alpha value is -1.28. The topological polar surface area (TPSA) is 87.0 Å². The largest absolute Gasteiger partial charge is 0.368 e. The molecule has 2 atom stereocenters. The van der Waals surface area contributed by atoms with E-state index < -0.39 is 18.0 Å². The second-order valence-corrected chi connectivity index (χ2v) is 8.80. The van der Waals surface area contributed by atoms with Crippen LogP contribution in [0, 0.1) is 5.92 Å². The molecule has 27 heavy (non-hydrogen) atoms. The highest BCUT2D eigenvalue weighted by Crippen LogP contribution is 2.16. The van der Waals surface area contributed by atoms with Crippen LogP contribution in [-0.2, 0) is 14.4 Å². The molecular weight excluding hydrogens is 364 g/mol. The molecule has 0 aliphatic heterocycles. The molecule has 0 spiro atoms. The van der Waals surface area contributed by atoms with Gasteiger partial charge in [-0.3, -0.25) is 14.4 Å². The third kappa shape index (κ3) is 9.46. The van der Waals surface area contributed by atoms with Crippen LogP contribution < -0.4 is 5.73 Å². The number of primary amides is 1. The third-order valence-electron chi connectivity index (χ3n) is 4.41. The molecule has 0 saturated carbocycles. The van der Waals surface area contributed by atoms with Gasteiger partial charge >= 0.3 is 0 Å². The van der Waals surface area contributed by atoms with Crippen LogP contribution in [0.1, 0.15) is 40.0 Å². The summed E-state index contributed by atoms with van der Waals surface area (Å²) in [5, 5.41) is 0. The van der Waals surface area contributed by atoms with Gasteiger partial charge in [0.25, 0.3) is 0 Å². The molecule has 0 aromatic carbocycles. The fourth-order valence-corrected chi connectivity index (χ4v) is 3.91. The van der Waals surface area contributed by atoms with Crippen LogP contribution in [0.15, 0.2) is 0 Å². The average molecular weight is 403 g/mol. The minimum absolute atomic E-state index is 0.0584. The van der Waals surface area contributed by atoms with Crippen LogP contribution in [0.25, 0.3) is 0 Å². The predicted molar refractivity (Wildman–Crippen MR) is 113 cm³/mol. The smallest absolute Gasteiger partial charge is 0.246 e. The van der Waals surface area contributed by atoms with Gasteiger partial charge in [0.2, 0.25) is 17.7 Å². The van der Waals surface area contributed by atoms with Gasteiger partial charge in [0.15, 0.2) is 0 Å². The monoisotopic (exact) mass is 402 g/mol. The summed E-state index contributed by atoms with van der Waals surface area (Å²) in [5.41, 5.74) is 5.54. The Kier molecular flexibility index (Phi) is 12.4. The molecule has 0 aromatic rings. The lowest BCUT2D eigenvalue weighted by Gasteiger charge is -2.34. The van der Waals surface area contributed by atoms with Gasteiger partial charge in [-0.2, -0.15) is 11.8 Å². The number of hydrogen-bond acceptors (Lipinski definition) is 5. The van der Waals surface area contributed by atoms with Crippen molar-refractivity contribution in [1.29, 1.82) is 0 Å². The number of nitrogens with two attached hydrogens (primary N) is 1. The number of carbonyl (C=O) groups is 3. The highest BCUT2D eigenvalue weighted by Gasteiger charge is 2.34. The summed E-state index contributed by atoms with van der Waals surface area (Å²) in [5.74, 6) is 0.782. The van der Waals surface area contributed by atoms with Crippen molar-refractivity contribution in [2.75, 3.05) is 46.2 Å². The van der Waals surface area contributed by atoms with Gasteiger partial charge in [-0.25, -0.2) is 0 Å². The predicted octanol–water partition coefficient (Wildman–Crippen LogP) is 1.27. The molecule has 0 fully saturated rings. The number of hydrogen-bond donors (Lipinski definition) is 1. The first kappa shape index (κ1) is 25.7. The Labute approximate surface area is 169 Å². The molecule has 7 nitrogen and oxygen atoms in total. The number of likely N-dealkylation sites (N-methyl/N-ethyl adjacent to an activating group) is 2. The molecule has 0 heterocycles. The minimum atomic E-state index is -0.665. The first-order valence-electron chi connectivity index (χ1n) is 9.56. The summed E-state index contributed by atoms with van der Waals surface area (Å²) in [4.78, 5) is 42.4. The van der Waals surface area contributed by atoms with E-state index in [1.807, 2.05) is 34.9 Å². The molecule has 3 amide bonds. The number of thioether (sulfide) groups is 1. The molecule has 0 aliphatic carbocycles. The lowest BCUT2D eigenvalue weighted by Crippen LogP contribution is -2.55. The first-order chi connectivity index (χ1) is 12.5. The fourth-order valence-electron chi connectivity index (χ4n) is 2.66. The Balaban J connectivity index is 5.32. The summed E-state index contributed by atoms with van der Waals surface area (Å²) < 4.78 is 0. The Morgan fingerprint density at radius 3 is 2.04 bits per heavy atom. The Morgan fingerprint density at radius 1 is 1.00 bits per heavy atom. The molecule has 0 saturated heterocycles. The van der Waals surface area contributed by atoms with Crippen LogP contribution in [0.5, 0.6) is 0 Å². The third-order valence-corrected chi connectivity index (χ3v) is 5.43. The average Bonchev–Trinajstić information content (AvgIpc) is 2.57. The molecule has 0 bridgehead atoms. The van der Waals surface area contributed by atoms with E-state index in [1.54, 1.807) is 25.9 Å². The quantitative estimate of drug-likeness (QED) is 0.469. The molecule has 8 heteroatoms. The fraction of sp³-hybridized carbons (Fsp3) is 0.842. The van der Waals surface area contributed by atoms with Crippen molar-refractivity contribution in [3.63, 3.8) is 0 Å². The number of carbonyl (C=O) groups excluding carboxylic acids is 3. The van der Waals surface area contributed by atoms with Gasteiger partial charge in [-0.1, -0.05) is 20.8 Å². The van der Waals surface area contributed by atoms with E-state index >= 15 is 0 Å². The second kappa shape index (κ2) is 13.0. The standard InChI is InChI=1S/C19H38N4O3S/c1-8-9-17(24)22(6)16(13-27-11-10-21(4)5)19(26)23(7)15(18(20)25)12-14(2)3/h14-16H,8-13H2,1-7H3,(H2,20,25)/t15-,16+/m0/s1. The van der Waals surface area contributed by atoms with Gasteiger partial charge in [0.1, 0.15) is 12.1 Å². The summed E-state index contributed by atoms with van der Waals surface area (Å²) in [7, 11) is 7.27. The van der Waals surface area contributed by atoms with Crippen LogP contribution in [0.3, 0.4) is 0 Å². The first-order valence-corrected chi connectivity index (χ1v) is 10.7. The molecule has 0 unspecified atom stereocenters. The number of amides is 3. The summed E-state index contributed by atoms with van der Waals surface area (Å²) >= 11 is 1.63. The van der Waals surface area contributed by atoms with Crippen molar-refractivity contribution in [3.8, 4) is 0 Å². The van der Waals surface area contributed by atoms with Gasteiger partial charge < -0.3 is 20.4 Å². The highest BCUT2D eigenvalue weighted by atomic mass is 32.2. The summed E-state index contributed by atoms with van der Waals surface area (Å²) in [6.07, 6.45) is 1.63. The van der Waals surface area contributed by atoms with Crippen LogP contribution in [-0.4, -0.2) is 90.7 Å². The molecular formula is C19H38N4O3S. The maximum atomic E-state index is 13.1. The van der Waals surface area contributed by atoms with Gasteiger partial charge in [0, 0.05) is 38.6 Å². The van der Waals surface area contributed by atoms with E-state index in [0.717, 1.165) is 18.7 Å². The molecule has 0 radical (unpaired) electrons. The van der Waals surface area contributed by atoms with E-state index in [2.05, 4.69) is 4.90 Å². The second-order valence-electron chi connectivity index (χ2n) is 7.65. The van der Waals surface area contributed by atoms with Crippen molar-refractivity contribution < 1.29 is 14.4 Å². The Bertz CT molecular complexity index is 486. The minimum Gasteiger partial charge on any atom is -0.368 e. The van der Waals surface area contributed by atoms with E-state index in [0.29, 0.717) is 18.6 Å². The SMILES string of the molecule is CCCC(=O)N(C)[C@H](CSCCN(C)C)C(=O)N(C)[C@@H](CC(C)C)C(N)=O. The number of rotatable bonds is 13. The lowest BCUT2D eigenvalue weighted by molar-refractivity contribution is -0.146. The van der Waals surface area contributed by atoms with Crippen LogP contribution in [0.2, 0.25) is 0 Å². The van der Waals surface area contributed by atoms with Crippen molar-refractivity contribution >= 4 is 29.5 Å². The maximum Gasteiger partial charge on any atom is 0.246 e. The molecule has 0 rings (SSSR count). The zero-order chi connectivity index (χ0) is 21.1.